The number of ether oxygens (including phenoxy) is 2. The van der Waals surface area contributed by atoms with Gasteiger partial charge in [0.2, 0.25) is 0 Å². The number of rotatable bonds is 2. The van der Waals surface area contributed by atoms with Gasteiger partial charge in [-0.3, -0.25) is 4.90 Å². The van der Waals surface area contributed by atoms with Gasteiger partial charge in [-0.15, -0.1) is 0 Å². The number of aliphatic hydroxyl groups excluding tert-OH is 1. The summed E-state index contributed by atoms with van der Waals surface area (Å²) in [6, 6.07) is 5.67. The Kier molecular flexibility index (Phi) is 4.33. The van der Waals surface area contributed by atoms with Crippen molar-refractivity contribution in [3.05, 3.63) is 23.8 Å². The van der Waals surface area contributed by atoms with Crippen LogP contribution in [0.25, 0.3) is 0 Å². The second-order valence-electron chi connectivity index (χ2n) is 6.92. The van der Waals surface area contributed by atoms with E-state index in [1.165, 1.54) is 25.7 Å². The molecule has 122 valence electrons. The van der Waals surface area contributed by atoms with Crippen molar-refractivity contribution in [1.82, 2.24) is 4.90 Å². The standard InChI is InChI=1S/C18H27NO3/c1-18(2)17(19-11-6-4-5-7-12-19)16(20)15-13(21-3)9-8-10-14(15)22-18/h8-10,16-17,20H,4-7,11-12H2,1-3H3. The van der Waals surface area contributed by atoms with Crippen LogP contribution in [0.15, 0.2) is 18.2 Å². The van der Waals surface area contributed by atoms with Crippen LogP contribution in [-0.4, -0.2) is 41.8 Å². The highest BCUT2D eigenvalue weighted by Crippen LogP contribution is 2.46. The molecule has 0 spiro atoms. The molecule has 0 amide bonds. The highest BCUT2D eigenvalue weighted by molar-refractivity contribution is 5.49. The zero-order valence-corrected chi connectivity index (χ0v) is 13.8. The Balaban J connectivity index is 1.99. The molecule has 2 atom stereocenters. The van der Waals surface area contributed by atoms with E-state index in [9.17, 15) is 5.11 Å². The molecule has 1 aromatic carbocycles. The van der Waals surface area contributed by atoms with Crippen molar-refractivity contribution in [3.63, 3.8) is 0 Å². The van der Waals surface area contributed by atoms with E-state index < -0.39 is 11.7 Å². The molecule has 1 N–H and O–H groups in total. The van der Waals surface area contributed by atoms with Crippen molar-refractivity contribution in [1.29, 1.82) is 0 Å². The third-order valence-electron chi connectivity index (χ3n) is 4.96. The fourth-order valence-corrected chi connectivity index (χ4v) is 3.98. The topological polar surface area (TPSA) is 41.9 Å². The maximum Gasteiger partial charge on any atom is 0.129 e. The summed E-state index contributed by atoms with van der Waals surface area (Å²) in [5.74, 6) is 1.45. The van der Waals surface area contributed by atoms with Gasteiger partial charge in [0.1, 0.15) is 23.2 Å². The first-order valence-electron chi connectivity index (χ1n) is 8.32. The molecule has 1 fully saturated rings. The second kappa shape index (κ2) is 6.09. The molecule has 2 heterocycles. The lowest BCUT2D eigenvalue weighted by molar-refractivity contribution is -0.0826. The molecule has 2 aliphatic heterocycles. The van der Waals surface area contributed by atoms with Gasteiger partial charge in [0.15, 0.2) is 0 Å². The zero-order valence-electron chi connectivity index (χ0n) is 13.8. The molecule has 22 heavy (non-hydrogen) atoms. The molecule has 2 unspecified atom stereocenters. The van der Waals surface area contributed by atoms with E-state index in [-0.39, 0.29) is 6.04 Å². The predicted molar refractivity (Wildman–Crippen MR) is 86.5 cm³/mol. The summed E-state index contributed by atoms with van der Waals surface area (Å²) >= 11 is 0. The zero-order chi connectivity index (χ0) is 15.7. The van der Waals surface area contributed by atoms with Gasteiger partial charge in [0.05, 0.1) is 18.7 Å². The number of aliphatic hydroxyl groups is 1. The Morgan fingerprint density at radius 1 is 1.18 bits per heavy atom. The molecule has 0 aromatic heterocycles. The minimum Gasteiger partial charge on any atom is -0.496 e. The van der Waals surface area contributed by atoms with Crippen LogP contribution in [0, 0.1) is 0 Å². The minimum absolute atomic E-state index is 0.0469. The highest BCUT2D eigenvalue weighted by atomic mass is 16.5. The minimum atomic E-state index is -0.590. The normalized spacial score (nSPS) is 28.4. The van der Waals surface area contributed by atoms with E-state index in [2.05, 4.69) is 18.7 Å². The van der Waals surface area contributed by atoms with Crippen LogP contribution in [0.4, 0.5) is 0 Å². The largest absolute Gasteiger partial charge is 0.496 e. The molecule has 2 aliphatic rings. The van der Waals surface area contributed by atoms with Gasteiger partial charge in [0.25, 0.3) is 0 Å². The third kappa shape index (κ3) is 2.70. The summed E-state index contributed by atoms with van der Waals surface area (Å²) in [5, 5.41) is 11.1. The Morgan fingerprint density at radius 2 is 1.86 bits per heavy atom. The van der Waals surface area contributed by atoms with Gasteiger partial charge in [-0.1, -0.05) is 18.9 Å². The van der Waals surface area contributed by atoms with Gasteiger partial charge in [-0.25, -0.2) is 0 Å². The third-order valence-corrected chi connectivity index (χ3v) is 4.96. The molecule has 0 aliphatic carbocycles. The van der Waals surface area contributed by atoms with Crippen LogP contribution in [0.1, 0.15) is 51.2 Å². The number of nitrogens with zero attached hydrogens (tertiary/aromatic N) is 1. The van der Waals surface area contributed by atoms with Crippen LogP contribution in [0.3, 0.4) is 0 Å². The fraction of sp³-hybridized carbons (Fsp3) is 0.667. The summed E-state index contributed by atoms with van der Waals surface area (Å²) < 4.78 is 11.7. The number of likely N-dealkylation sites (tertiary alicyclic amines) is 1. The van der Waals surface area contributed by atoms with Crippen molar-refractivity contribution in [2.45, 2.75) is 57.3 Å². The van der Waals surface area contributed by atoms with Crippen LogP contribution < -0.4 is 9.47 Å². The van der Waals surface area contributed by atoms with Crippen molar-refractivity contribution in [2.24, 2.45) is 0 Å². The van der Waals surface area contributed by atoms with Crippen LogP contribution in [0.2, 0.25) is 0 Å². The first-order valence-corrected chi connectivity index (χ1v) is 8.32. The fourth-order valence-electron chi connectivity index (χ4n) is 3.98. The molecular weight excluding hydrogens is 278 g/mol. The number of benzene rings is 1. The van der Waals surface area contributed by atoms with Crippen molar-refractivity contribution < 1.29 is 14.6 Å². The Bertz CT molecular complexity index is 521. The average Bonchev–Trinajstić information content (AvgIpc) is 2.74. The molecule has 4 heteroatoms. The number of hydrogen-bond acceptors (Lipinski definition) is 4. The molecule has 4 nitrogen and oxygen atoms in total. The van der Waals surface area contributed by atoms with Crippen LogP contribution in [0.5, 0.6) is 11.5 Å². The van der Waals surface area contributed by atoms with Crippen molar-refractivity contribution in [2.75, 3.05) is 20.2 Å². The summed E-state index contributed by atoms with van der Waals surface area (Å²) in [6.45, 7) is 6.21. The van der Waals surface area contributed by atoms with Gasteiger partial charge in [-0.05, 0) is 51.9 Å². The molecule has 0 bridgehead atoms. The van der Waals surface area contributed by atoms with Crippen LogP contribution in [-0.2, 0) is 0 Å². The second-order valence-corrected chi connectivity index (χ2v) is 6.92. The first kappa shape index (κ1) is 15.6. The molecule has 1 aromatic rings. The van der Waals surface area contributed by atoms with Gasteiger partial charge >= 0.3 is 0 Å². The monoisotopic (exact) mass is 305 g/mol. The van der Waals surface area contributed by atoms with Crippen molar-refractivity contribution >= 4 is 0 Å². The van der Waals surface area contributed by atoms with E-state index in [1.54, 1.807) is 7.11 Å². The van der Waals surface area contributed by atoms with E-state index in [4.69, 9.17) is 9.47 Å². The van der Waals surface area contributed by atoms with Gasteiger partial charge in [-0.2, -0.15) is 0 Å². The summed E-state index contributed by atoms with van der Waals surface area (Å²) in [4.78, 5) is 2.41. The molecule has 0 radical (unpaired) electrons. The lowest BCUT2D eigenvalue weighted by Crippen LogP contribution is -2.58. The SMILES string of the molecule is COc1cccc2c1C(O)C(N1CCCCCC1)C(C)(C)O2. The Labute approximate surface area is 133 Å². The van der Waals surface area contributed by atoms with Gasteiger partial charge in [0, 0.05) is 0 Å². The van der Waals surface area contributed by atoms with E-state index in [1.807, 2.05) is 18.2 Å². The first-order chi connectivity index (χ1) is 10.5. The maximum absolute atomic E-state index is 11.1. The maximum atomic E-state index is 11.1. The Hall–Kier alpha value is -1.26. The van der Waals surface area contributed by atoms with E-state index in [0.717, 1.165) is 24.4 Å². The van der Waals surface area contributed by atoms with Gasteiger partial charge < -0.3 is 14.6 Å². The van der Waals surface area contributed by atoms with E-state index in [0.29, 0.717) is 5.75 Å². The predicted octanol–water partition coefficient (Wildman–Crippen LogP) is 3.14. The van der Waals surface area contributed by atoms with Crippen molar-refractivity contribution in [3.8, 4) is 11.5 Å². The number of hydrogen-bond donors (Lipinski definition) is 1. The summed E-state index contributed by atoms with van der Waals surface area (Å²) in [5.41, 5.74) is 0.363. The molecular formula is C18H27NO3. The summed E-state index contributed by atoms with van der Waals surface area (Å²) in [7, 11) is 1.64. The quantitative estimate of drug-likeness (QED) is 0.911. The molecule has 1 saturated heterocycles. The summed E-state index contributed by atoms with van der Waals surface area (Å²) in [6.07, 6.45) is 4.35. The van der Waals surface area contributed by atoms with E-state index >= 15 is 0 Å². The number of fused-ring (bicyclic) bond motifs is 1. The average molecular weight is 305 g/mol. The van der Waals surface area contributed by atoms with Crippen LogP contribution >= 0.6 is 0 Å². The highest BCUT2D eigenvalue weighted by Gasteiger charge is 2.47. The molecule has 3 rings (SSSR count). The smallest absolute Gasteiger partial charge is 0.129 e. The number of methoxy groups -OCH3 is 1. The lowest BCUT2D eigenvalue weighted by atomic mass is 9.84. The molecule has 0 saturated carbocycles. The Morgan fingerprint density at radius 3 is 2.50 bits per heavy atom. The lowest BCUT2D eigenvalue weighted by Gasteiger charge is -2.48.